The molecule has 0 spiro atoms. The lowest BCUT2D eigenvalue weighted by molar-refractivity contribution is -0.127. The summed E-state index contributed by atoms with van der Waals surface area (Å²) >= 11 is 0. The molecule has 2 aromatic heterocycles. The first-order valence-corrected chi connectivity index (χ1v) is 8.94. The zero-order chi connectivity index (χ0) is 19.2. The summed E-state index contributed by atoms with van der Waals surface area (Å²) in [6.45, 7) is 5.32. The maximum atomic E-state index is 12.5. The first-order valence-electron chi connectivity index (χ1n) is 8.94. The number of hydrogen-bond acceptors (Lipinski definition) is 6. The lowest BCUT2D eigenvalue weighted by Crippen LogP contribution is -2.44. The number of methoxy groups -OCH3 is 1. The predicted molar refractivity (Wildman–Crippen MR) is 102 cm³/mol. The van der Waals surface area contributed by atoms with E-state index in [4.69, 9.17) is 9.47 Å². The molecule has 1 aliphatic heterocycles. The van der Waals surface area contributed by atoms with Gasteiger partial charge in [-0.1, -0.05) is 6.58 Å². The number of fused-ring (bicyclic) bond motifs is 1. The van der Waals surface area contributed by atoms with Gasteiger partial charge in [0.15, 0.2) is 0 Å². The standard InChI is InChI=1S/C19H24N4O4/c1-3-16(24)23-8-4-5-13(12-23)22-17-14-6-7-20-18(14)21-11-15(17)19(25)27-10-9-26-2/h3,6-7,11,13H,1,4-5,8-10,12H2,2H3,(H2,20,21,22)/t13-/m1/s1. The molecule has 144 valence electrons. The van der Waals surface area contributed by atoms with Gasteiger partial charge in [-0.15, -0.1) is 0 Å². The van der Waals surface area contributed by atoms with E-state index in [1.165, 1.54) is 12.3 Å². The minimum atomic E-state index is -0.458. The fourth-order valence-electron chi connectivity index (χ4n) is 3.24. The molecule has 8 nitrogen and oxygen atoms in total. The SMILES string of the molecule is C=CC(=O)N1CCC[C@@H](Nc2c(C(=O)OCCOC)cnc3[nH]ccc23)C1. The third-order valence-corrected chi connectivity index (χ3v) is 4.58. The van der Waals surface area contributed by atoms with Gasteiger partial charge >= 0.3 is 5.97 Å². The molecule has 0 unspecified atom stereocenters. The van der Waals surface area contributed by atoms with Crippen LogP contribution in [0.15, 0.2) is 31.1 Å². The van der Waals surface area contributed by atoms with Gasteiger partial charge in [-0.2, -0.15) is 0 Å². The number of H-pyrrole nitrogens is 1. The van der Waals surface area contributed by atoms with E-state index in [9.17, 15) is 9.59 Å². The number of esters is 1. The molecule has 0 aromatic carbocycles. The number of rotatable bonds is 7. The fraction of sp³-hybridized carbons (Fsp3) is 0.421. The van der Waals surface area contributed by atoms with Gasteiger partial charge in [0.05, 0.1) is 12.3 Å². The molecule has 3 rings (SSSR count). The van der Waals surface area contributed by atoms with E-state index >= 15 is 0 Å². The molecule has 1 saturated heterocycles. The molecule has 0 aliphatic carbocycles. The summed E-state index contributed by atoms with van der Waals surface area (Å²) in [4.78, 5) is 33.6. The fourth-order valence-corrected chi connectivity index (χ4v) is 3.24. The number of carbonyl (C=O) groups is 2. The number of pyridine rings is 1. The summed E-state index contributed by atoms with van der Waals surface area (Å²) in [6.07, 6.45) is 6.39. The van der Waals surface area contributed by atoms with Crippen molar-refractivity contribution in [2.24, 2.45) is 0 Å². The lowest BCUT2D eigenvalue weighted by atomic mass is 10.0. The van der Waals surface area contributed by atoms with Crippen molar-refractivity contribution >= 4 is 28.6 Å². The zero-order valence-corrected chi connectivity index (χ0v) is 15.4. The number of ether oxygens (including phenoxy) is 2. The second kappa shape index (κ2) is 8.68. The van der Waals surface area contributed by atoms with Crippen LogP contribution in [0.4, 0.5) is 5.69 Å². The van der Waals surface area contributed by atoms with Crippen LogP contribution in [0.3, 0.4) is 0 Å². The predicted octanol–water partition coefficient (Wildman–Crippen LogP) is 1.95. The molecule has 3 heterocycles. The van der Waals surface area contributed by atoms with Crippen LogP contribution in [0, 0.1) is 0 Å². The number of likely N-dealkylation sites (tertiary alicyclic amines) is 1. The van der Waals surface area contributed by atoms with Crippen molar-refractivity contribution < 1.29 is 19.1 Å². The molecule has 0 radical (unpaired) electrons. The summed E-state index contributed by atoms with van der Waals surface area (Å²) in [5.41, 5.74) is 1.72. The second-order valence-electron chi connectivity index (χ2n) is 6.39. The maximum Gasteiger partial charge on any atom is 0.341 e. The number of nitrogens with one attached hydrogen (secondary N) is 2. The first-order chi connectivity index (χ1) is 13.1. The van der Waals surface area contributed by atoms with Gasteiger partial charge in [-0.25, -0.2) is 9.78 Å². The van der Waals surface area contributed by atoms with Crippen molar-refractivity contribution in [2.45, 2.75) is 18.9 Å². The average molecular weight is 372 g/mol. The molecule has 0 saturated carbocycles. The number of aromatic nitrogens is 2. The molecule has 2 N–H and O–H groups in total. The van der Waals surface area contributed by atoms with Gasteiger partial charge in [0.1, 0.15) is 17.8 Å². The molecule has 1 atom stereocenters. The quantitative estimate of drug-likeness (QED) is 0.438. The van der Waals surface area contributed by atoms with Crippen molar-refractivity contribution in [1.82, 2.24) is 14.9 Å². The summed E-state index contributed by atoms with van der Waals surface area (Å²) in [5, 5.41) is 4.25. The van der Waals surface area contributed by atoms with E-state index in [0.29, 0.717) is 36.6 Å². The van der Waals surface area contributed by atoms with E-state index in [1.807, 2.05) is 6.07 Å². The Morgan fingerprint density at radius 2 is 2.33 bits per heavy atom. The third kappa shape index (κ3) is 4.28. The normalized spacial score (nSPS) is 16.9. The molecular weight excluding hydrogens is 348 g/mol. The molecule has 0 bridgehead atoms. The van der Waals surface area contributed by atoms with Crippen LogP contribution in [0.5, 0.6) is 0 Å². The highest BCUT2D eigenvalue weighted by Gasteiger charge is 2.25. The average Bonchev–Trinajstić information content (AvgIpc) is 3.17. The zero-order valence-electron chi connectivity index (χ0n) is 15.4. The number of aromatic amines is 1. The van der Waals surface area contributed by atoms with Crippen LogP contribution >= 0.6 is 0 Å². The molecule has 1 aliphatic rings. The van der Waals surface area contributed by atoms with Crippen LogP contribution in [0.2, 0.25) is 0 Å². The minimum Gasteiger partial charge on any atom is -0.460 e. The van der Waals surface area contributed by atoms with Crippen LogP contribution < -0.4 is 5.32 Å². The smallest absolute Gasteiger partial charge is 0.341 e. The Morgan fingerprint density at radius 1 is 1.48 bits per heavy atom. The van der Waals surface area contributed by atoms with E-state index in [0.717, 1.165) is 18.2 Å². The maximum absolute atomic E-state index is 12.5. The molecule has 1 fully saturated rings. The van der Waals surface area contributed by atoms with Crippen LogP contribution in [-0.2, 0) is 14.3 Å². The largest absolute Gasteiger partial charge is 0.460 e. The van der Waals surface area contributed by atoms with Crippen molar-refractivity contribution in [3.05, 3.63) is 36.7 Å². The monoisotopic (exact) mass is 372 g/mol. The molecule has 1 amide bonds. The number of hydrogen-bond donors (Lipinski definition) is 2. The number of piperidine rings is 1. The van der Waals surface area contributed by atoms with Gasteiger partial charge in [0.2, 0.25) is 5.91 Å². The Kier molecular flexibility index (Phi) is 6.08. The first kappa shape index (κ1) is 18.9. The van der Waals surface area contributed by atoms with Crippen LogP contribution in [0.25, 0.3) is 11.0 Å². The Morgan fingerprint density at radius 3 is 3.11 bits per heavy atom. The van der Waals surface area contributed by atoms with Crippen LogP contribution in [-0.4, -0.2) is 66.2 Å². The van der Waals surface area contributed by atoms with Crippen molar-refractivity contribution in [1.29, 1.82) is 0 Å². The van der Waals surface area contributed by atoms with Crippen LogP contribution in [0.1, 0.15) is 23.2 Å². The van der Waals surface area contributed by atoms with Crippen molar-refractivity contribution in [3.8, 4) is 0 Å². The van der Waals surface area contributed by atoms with Gasteiger partial charge < -0.3 is 24.7 Å². The highest BCUT2D eigenvalue weighted by atomic mass is 16.6. The van der Waals surface area contributed by atoms with E-state index in [-0.39, 0.29) is 18.6 Å². The summed E-state index contributed by atoms with van der Waals surface area (Å²) in [5.74, 6) is -0.540. The summed E-state index contributed by atoms with van der Waals surface area (Å²) in [7, 11) is 1.55. The topological polar surface area (TPSA) is 96.6 Å². The van der Waals surface area contributed by atoms with Crippen molar-refractivity contribution in [3.63, 3.8) is 0 Å². The lowest BCUT2D eigenvalue weighted by Gasteiger charge is -2.33. The summed E-state index contributed by atoms with van der Waals surface area (Å²) < 4.78 is 10.2. The molecule has 8 heteroatoms. The van der Waals surface area contributed by atoms with E-state index in [2.05, 4.69) is 21.9 Å². The second-order valence-corrected chi connectivity index (χ2v) is 6.39. The Bertz CT molecular complexity index is 832. The number of carbonyl (C=O) groups excluding carboxylic acids is 2. The molecular formula is C19H24N4O4. The number of amides is 1. The number of nitrogens with zero attached hydrogens (tertiary/aromatic N) is 2. The van der Waals surface area contributed by atoms with Gasteiger partial charge in [-0.3, -0.25) is 4.79 Å². The van der Waals surface area contributed by atoms with E-state index < -0.39 is 5.97 Å². The van der Waals surface area contributed by atoms with Gasteiger partial charge in [0.25, 0.3) is 0 Å². The minimum absolute atomic E-state index is 0.0219. The van der Waals surface area contributed by atoms with E-state index in [1.54, 1.807) is 18.2 Å². The molecule has 2 aromatic rings. The summed E-state index contributed by atoms with van der Waals surface area (Å²) in [6, 6.07) is 1.89. The highest BCUT2D eigenvalue weighted by molar-refractivity contribution is 6.04. The Hall–Kier alpha value is -2.87. The molecule has 27 heavy (non-hydrogen) atoms. The third-order valence-electron chi connectivity index (χ3n) is 4.58. The Balaban J connectivity index is 1.84. The Labute approximate surface area is 157 Å². The van der Waals surface area contributed by atoms with Gasteiger partial charge in [-0.05, 0) is 25.0 Å². The highest BCUT2D eigenvalue weighted by Crippen LogP contribution is 2.28. The van der Waals surface area contributed by atoms with Gasteiger partial charge in [0, 0.05) is 44.0 Å². The van der Waals surface area contributed by atoms with Crippen molar-refractivity contribution in [2.75, 3.05) is 38.7 Å². The number of anilines is 1.